The van der Waals surface area contributed by atoms with Crippen LogP contribution in [-0.4, -0.2) is 49.4 Å². The van der Waals surface area contributed by atoms with E-state index in [0.29, 0.717) is 19.4 Å². The van der Waals surface area contributed by atoms with Crippen LogP contribution in [0.1, 0.15) is 23.2 Å². The maximum absolute atomic E-state index is 14.9. The monoisotopic (exact) mass is 374 g/mol. The molecule has 1 aromatic rings. The topological polar surface area (TPSA) is 84.9 Å². The van der Waals surface area contributed by atoms with Crippen LogP contribution in [0, 0.1) is 5.82 Å². The molecular formula is C19H19FN2O5. The molecule has 1 fully saturated rings. The molecule has 2 aliphatic rings. The number of nitrogens with zero attached hydrogens (tertiary/aromatic N) is 1. The first-order valence-corrected chi connectivity index (χ1v) is 8.37. The molecule has 142 valence electrons. The Kier molecular flexibility index (Phi) is 4.98. The third-order valence-corrected chi connectivity index (χ3v) is 4.68. The molecule has 7 nitrogen and oxygen atoms in total. The third kappa shape index (κ3) is 3.07. The SMILES string of the molecule is C=C1C(=O)C(Nc2cccc(C(=O)N3CCCC3C(=O)OC)c2F)=C1OC. The van der Waals surface area contributed by atoms with E-state index in [9.17, 15) is 18.8 Å². The molecule has 1 unspecified atom stereocenters. The van der Waals surface area contributed by atoms with Crippen molar-refractivity contribution in [2.75, 3.05) is 26.1 Å². The number of carbonyl (C=O) groups is 3. The Morgan fingerprint density at radius 1 is 1.33 bits per heavy atom. The van der Waals surface area contributed by atoms with Crippen LogP contribution in [0.15, 0.2) is 41.8 Å². The minimum atomic E-state index is -0.814. The maximum atomic E-state index is 14.9. The Labute approximate surface area is 155 Å². The molecule has 0 spiro atoms. The number of esters is 1. The number of halogens is 1. The molecule has 8 heteroatoms. The van der Waals surface area contributed by atoms with Crippen LogP contribution in [0.2, 0.25) is 0 Å². The van der Waals surface area contributed by atoms with Crippen molar-refractivity contribution in [2.24, 2.45) is 0 Å². The van der Waals surface area contributed by atoms with Gasteiger partial charge in [0.1, 0.15) is 11.7 Å². The average Bonchev–Trinajstić information content (AvgIpc) is 3.17. The summed E-state index contributed by atoms with van der Waals surface area (Å²) in [6, 6.07) is 3.51. The lowest BCUT2D eigenvalue weighted by atomic mass is 9.95. The predicted octanol–water partition coefficient (Wildman–Crippen LogP) is 2.01. The lowest BCUT2D eigenvalue weighted by Gasteiger charge is -2.25. The molecule has 1 atom stereocenters. The van der Waals surface area contributed by atoms with Gasteiger partial charge in [0.15, 0.2) is 11.6 Å². The number of amides is 1. The van der Waals surface area contributed by atoms with Crippen LogP contribution in [0.3, 0.4) is 0 Å². The second-order valence-electron chi connectivity index (χ2n) is 6.19. The van der Waals surface area contributed by atoms with E-state index < -0.39 is 23.7 Å². The minimum absolute atomic E-state index is 0.0416. The normalized spacial score (nSPS) is 19.1. The summed E-state index contributed by atoms with van der Waals surface area (Å²) in [6.45, 7) is 3.91. The average molecular weight is 374 g/mol. The summed E-state index contributed by atoms with van der Waals surface area (Å²) >= 11 is 0. The minimum Gasteiger partial charge on any atom is -0.494 e. The summed E-state index contributed by atoms with van der Waals surface area (Å²) in [5.41, 5.74) is 0.0475. The number of hydrogen-bond acceptors (Lipinski definition) is 6. The maximum Gasteiger partial charge on any atom is 0.328 e. The van der Waals surface area contributed by atoms with Crippen LogP contribution in [0.25, 0.3) is 0 Å². The quantitative estimate of drug-likeness (QED) is 0.627. The first kappa shape index (κ1) is 18.6. The molecule has 1 N–H and O–H groups in total. The largest absolute Gasteiger partial charge is 0.494 e. The van der Waals surface area contributed by atoms with Gasteiger partial charge in [-0.1, -0.05) is 12.6 Å². The second-order valence-corrected chi connectivity index (χ2v) is 6.19. The van der Waals surface area contributed by atoms with Crippen molar-refractivity contribution in [3.8, 4) is 0 Å². The van der Waals surface area contributed by atoms with Crippen LogP contribution in [0.4, 0.5) is 10.1 Å². The van der Waals surface area contributed by atoms with Gasteiger partial charge in [-0.2, -0.15) is 0 Å². The van der Waals surface area contributed by atoms with Gasteiger partial charge in [0.25, 0.3) is 5.91 Å². The highest BCUT2D eigenvalue weighted by Crippen LogP contribution is 2.32. The van der Waals surface area contributed by atoms with E-state index in [4.69, 9.17) is 9.47 Å². The summed E-state index contributed by atoms with van der Waals surface area (Å²) in [7, 11) is 2.63. The van der Waals surface area contributed by atoms with E-state index in [1.54, 1.807) is 0 Å². The predicted molar refractivity (Wildman–Crippen MR) is 94.3 cm³/mol. The highest BCUT2D eigenvalue weighted by Gasteiger charge is 2.37. The molecule has 1 aliphatic heterocycles. The van der Waals surface area contributed by atoms with E-state index in [1.165, 1.54) is 37.3 Å². The lowest BCUT2D eigenvalue weighted by Crippen LogP contribution is -2.41. The number of anilines is 1. The van der Waals surface area contributed by atoms with E-state index >= 15 is 0 Å². The van der Waals surface area contributed by atoms with Gasteiger partial charge in [0, 0.05) is 6.54 Å². The molecule has 1 amide bonds. The van der Waals surface area contributed by atoms with E-state index in [0.717, 1.165) is 0 Å². The van der Waals surface area contributed by atoms with E-state index in [2.05, 4.69) is 11.9 Å². The number of benzene rings is 1. The standard InChI is InChI=1S/C19H19FN2O5/c1-10-16(23)15(17(10)26-2)21-12-7-4-6-11(14(12)20)18(24)22-9-5-8-13(22)19(25)27-3/h4,6-7,13,21H,1,5,8-9H2,2-3H3. The Bertz CT molecular complexity index is 877. The lowest BCUT2D eigenvalue weighted by molar-refractivity contribution is -0.145. The molecule has 0 bridgehead atoms. The van der Waals surface area contributed by atoms with Gasteiger partial charge in [-0.05, 0) is 25.0 Å². The number of Topliss-reactive ketones (excluding diaryl/α,β-unsaturated/α-hetero) is 1. The molecule has 3 rings (SSSR count). The van der Waals surface area contributed by atoms with Crippen LogP contribution in [0.5, 0.6) is 0 Å². The summed E-state index contributed by atoms with van der Waals surface area (Å²) in [5, 5.41) is 2.67. The first-order valence-electron chi connectivity index (χ1n) is 8.37. The number of methoxy groups -OCH3 is 2. The van der Waals surface area contributed by atoms with Gasteiger partial charge < -0.3 is 19.7 Å². The number of rotatable bonds is 5. The molecule has 27 heavy (non-hydrogen) atoms. The fraction of sp³-hybridized carbons (Fsp3) is 0.316. The van der Waals surface area contributed by atoms with E-state index in [-0.39, 0.29) is 34.1 Å². The number of ketones is 1. The zero-order chi connectivity index (χ0) is 19.7. The Balaban J connectivity index is 1.88. The second kappa shape index (κ2) is 7.22. The van der Waals surface area contributed by atoms with Gasteiger partial charge in [-0.25, -0.2) is 9.18 Å². The molecular weight excluding hydrogens is 355 g/mol. The van der Waals surface area contributed by atoms with Crippen molar-refractivity contribution < 1.29 is 28.2 Å². The highest BCUT2D eigenvalue weighted by molar-refractivity contribution is 6.20. The Morgan fingerprint density at radius 2 is 2.07 bits per heavy atom. The van der Waals surface area contributed by atoms with Gasteiger partial charge in [0.05, 0.1) is 31.0 Å². The zero-order valence-corrected chi connectivity index (χ0v) is 15.0. The Morgan fingerprint density at radius 3 is 2.74 bits per heavy atom. The van der Waals surface area contributed by atoms with Crippen molar-refractivity contribution >= 4 is 23.3 Å². The number of ether oxygens (including phenoxy) is 2. The smallest absolute Gasteiger partial charge is 0.328 e. The molecule has 1 saturated heterocycles. The van der Waals surface area contributed by atoms with E-state index in [1.807, 2.05) is 0 Å². The summed E-state index contributed by atoms with van der Waals surface area (Å²) in [5.74, 6) is -2.07. The highest BCUT2D eigenvalue weighted by atomic mass is 19.1. The summed E-state index contributed by atoms with van der Waals surface area (Å²) in [6.07, 6.45) is 1.10. The molecule has 1 heterocycles. The van der Waals surface area contributed by atoms with Crippen molar-refractivity contribution in [1.29, 1.82) is 0 Å². The third-order valence-electron chi connectivity index (χ3n) is 4.68. The van der Waals surface area contributed by atoms with Crippen LogP contribution in [-0.2, 0) is 19.1 Å². The molecule has 1 aromatic carbocycles. The summed E-state index contributed by atoms with van der Waals surface area (Å²) in [4.78, 5) is 37.8. The fourth-order valence-electron chi connectivity index (χ4n) is 3.26. The van der Waals surface area contributed by atoms with Crippen molar-refractivity contribution in [2.45, 2.75) is 18.9 Å². The number of likely N-dealkylation sites (tertiary alicyclic amines) is 1. The number of carbonyl (C=O) groups excluding carboxylic acids is 3. The molecule has 0 aromatic heterocycles. The summed E-state index contributed by atoms with van der Waals surface area (Å²) < 4.78 is 24.7. The van der Waals surface area contributed by atoms with Gasteiger partial charge >= 0.3 is 5.97 Å². The van der Waals surface area contributed by atoms with Crippen molar-refractivity contribution in [3.63, 3.8) is 0 Å². The van der Waals surface area contributed by atoms with Crippen LogP contribution >= 0.6 is 0 Å². The molecule has 0 radical (unpaired) electrons. The number of hydrogen-bond donors (Lipinski definition) is 1. The van der Waals surface area contributed by atoms with Crippen molar-refractivity contribution in [1.82, 2.24) is 4.90 Å². The van der Waals surface area contributed by atoms with Crippen molar-refractivity contribution in [3.05, 3.63) is 53.2 Å². The first-order chi connectivity index (χ1) is 12.9. The number of nitrogens with one attached hydrogen (secondary N) is 1. The molecule has 0 saturated carbocycles. The van der Waals surface area contributed by atoms with Gasteiger partial charge in [-0.3, -0.25) is 9.59 Å². The fourth-order valence-corrected chi connectivity index (χ4v) is 3.26. The zero-order valence-electron chi connectivity index (χ0n) is 15.0. The molecule has 1 aliphatic carbocycles. The number of allylic oxidation sites excluding steroid dienone is 2. The van der Waals surface area contributed by atoms with Crippen LogP contribution < -0.4 is 5.32 Å². The van der Waals surface area contributed by atoms with Gasteiger partial charge in [-0.15, -0.1) is 0 Å². The van der Waals surface area contributed by atoms with Gasteiger partial charge in [0.2, 0.25) is 5.78 Å². The Hall–Kier alpha value is -3.16.